The highest BCUT2D eigenvalue weighted by molar-refractivity contribution is 7.92. The van der Waals surface area contributed by atoms with Crippen molar-refractivity contribution in [3.63, 3.8) is 0 Å². The molecule has 0 bridgehead atoms. The molecule has 0 unspecified atom stereocenters. The van der Waals surface area contributed by atoms with Crippen LogP contribution in [0.2, 0.25) is 0 Å². The second-order valence-electron chi connectivity index (χ2n) is 10.7. The molecule has 0 radical (unpaired) electrons. The first-order chi connectivity index (χ1) is 20.4. The van der Waals surface area contributed by atoms with Gasteiger partial charge in [0.05, 0.1) is 22.9 Å². The summed E-state index contributed by atoms with van der Waals surface area (Å²) in [7, 11) is -3.63. The van der Waals surface area contributed by atoms with Crippen LogP contribution in [0.3, 0.4) is 0 Å². The first-order valence-corrected chi connectivity index (χ1v) is 15.9. The number of amides is 1. The molecule has 1 amide bonds. The van der Waals surface area contributed by atoms with Crippen LogP contribution in [-0.4, -0.2) is 74.2 Å². The lowest BCUT2D eigenvalue weighted by Gasteiger charge is -2.34. The van der Waals surface area contributed by atoms with Gasteiger partial charge in [0.15, 0.2) is 9.84 Å². The van der Waals surface area contributed by atoms with Gasteiger partial charge in [-0.2, -0.15) is 0 Å². The summed E-state index contributed by atoms with van der Waals surface area (Å²) >= 11 is 0. The lowest BCUT2D eigenvalue weighted by Crippen LogP contribution is -2.46. The zero-order chi connectivity index (χ0) is 28.9. The summed E-state index contributed by atoms with van der Waals surface area (Å²) < 4.78 is 36.6. The van der Waals surface area contributed by atoms with Gasteiger partial charge in [0.25, 0.3) is 0 Å². The molecule has 0 aliphatic carbocycles. The number of nitrogens with zero attached hydrogens (tertiary/aromatic N) is 3. The van der Waals surface area contributed by atoms with Crippen molar-refractivity contribution >= 4 is 32.3 Å². The van der Waals surface area contributed by atoms with Crippen molar-refractivity contribution in [2.24, 2.45) is 0 Å². The predicted molar refractivity (Wildman–Crippen MR) is 161 cm³/mol. The molecule has 218 valence electrons. The molecule has 9 nitrogen and oxygen atoms in total. The Kier molecular flexibility index (Phi) is 8.36. The van der Waals surface area contributed by atoms with Gasteiger partial charge in [-0.25, -0.2) is 13.4 Å². The Hall–Kier alpha value is -3.99. The molecule has 0 saturated carbocycles. The first-order valence-electron chi connectivity index (χ1n) is 14.2. The maximum absolute atomic E-state index is 12.3. The van der Waals surface area contributed by atoms with Gasteiger partial charge in [0, 0.05) is 50.7 Å². The van der Waals surface area contributed by atoms with Gasteiger partial charge in [-0.15, -0.1) is 0 Å². The second-order valence-corrected chi connectivity index (χ2v) is 12.6. The van der Waals surface area contributed by atoms with Gasteiger partial charge in [-0.1, -0.05) is 48.5 Å². The number of rotatable bonds is 10. The molecular weight excluding hydrogens is 552 g/mol. The Labute approximate surface area is 246 Å². The largest absolute Gasteiger partial charge is 0.494 e. The fourth-order valence-corrected chi connectivity index (χ4v) is 6.69. The molecule has 3 aromatic carbocycles. The van der Waals surface area contributed by atoms with Crippen LogP contribution in [0.5, 0.6) is 11.5 Å². The summed E-state index contributed by atoms with van der Waals surface area (Å²) in [4.78, 5) is 21.5. The van der Waals surface area contributed by atoms with Crippen LogP contribution in [0.15, 0.2) is 83.8 Å². The number of hydrogen-bond acceptors (Lipinski definition) is 8. The molecule has 1 saturated heterocycles. The zero-order valence-corrected chi connectivity index (χ0v) is 24.2. The predicted octanol–water partition coefficient (Wildman–Crippen LogP) is 4.13. The number of carbonyl (C=O) groups excluding carboxylic acids is 1. The molecule has 2 aliphatic rings. The standard InChI is InChI=1S/C32H34N4O5S/c37-31-23-42(38,39)30-20-27(12-13-28(30)34-31)40-19-5-14-35-15-17-36(18-16-35)21-26-11-10-25-8-4-9-29(32(25)33-26)41-22-24-6-2-1-3-7-24/h1-4,6-13,20H,5,14-19,21-23H2,(H,34,37). The molecule has 0 atom stereocenters. The molecule has 42 heavy (non-hydrogen) atoms. The molecule has 1 fully saturated rings. The van der Waals surface area contributed by atoms with E-state index in [9.17, 15) is 13.2 Å². The summed E-state index contributed by atoms with van der Waals surface area (Å²) in [6.07, 6.45) is 0.832. The monoisotopic (exact) mass is 586 g/mol. The lowest BCUT2D eigenvalue weighted by molar-refractivity contribution is -0.114. The van der Waals surface area contributed by atoms with E-state index in [1.807, 2.05) is 30.3 Å². The highest BCUT2D eigenvalue weighted by Gasteiger charge is 2.29. The van der Waals surface area contributed by atoms with E-state index in [2.05, 4.69) is 45.4 Å². The minimum absolute atomic E-state index is 0.118. The van der Waals surface area contributed by atoms with E-state index in [1.54, 1.807) is 12.1 Å². The number of benzene rings is 3. The zero-order valence-electron chi connectivity index (χ0n) is 23.4. The van der Waals surface area contributed by atoms with E-state index in [0.29, 0.717) is 24.7 Å². The van der Waals surface area contributed by atoms with E-state index in [-0.39, 0.29) is 4.90 Å². The Balaban J connectivity index is 0.966. The number of sulfone groups is 1. The summed E-state index contributed by atoms with van der Waals surface area (Å²) in [6, 6.07) is 25.2. The summed E-state index contributed by atoms with van der Waals surface area (Å²) in [6.45, 7) is 6.55. The third-order valence-electron chi connectivity index (χ3n) is 7.60. The fourth-order valence-electron chi connectivity index (χ4n) is 5.37. The molecule has 3 heterocycles. The highest BCUT2D eigenvalue weighted by Crippen LogP contribution is 2.30. The van der Waals surface area contributed by atoms with Crippen LogP contribution in [0.1, 0.15) is 17.7 Å². The number of ether oxygens (including phenoxy) is 2. The molecule has 4 aromatic rings. The number of para-hydroxylation sites is 1. The number of aromatic nitrogens is 1. The van der Waals surface area contributed by atoms with E-state index < -0.39 is 21.5 Å². The molecule has 10 heteroatoms. The van der Waals surface area contributed by atoms with Gasteiger partial charge >= 0.3 is 0 Å². The van der Waals surface area contributed by atoms with Crippen LogP contribution < -0.4 is 14.8 Å². The van der Waals surface area contributed by atoms with Crippen molar-refractivity contribution < 1.29 is 22.7 Å². The minimum atomic E-state index is -3.63. The van der Waals surface area contributed by atoms with Crippen LogP contribution in [-0.2, 0) is 27.8 Å². The van der Waals surface area contributed by atoms with Gasteiger partial charge < -0.3 is 19.7 Å². The number of pyridine rings is 1. The first kappa shape index (κ1) is 28.1. The minimum Gasteiger partial charge on any atom is -0.494 e. The van der Waals surface area contributed by atoms with Crippen molar-refractivity contribution in [2.75, 3.05) is 50.4 Å². The number of hydrogen-bond donors (Lipinski definition) is 1. The van der Waals surface area contributed by atoms with E-state index in [4.69, 9.17) is 14.5 Å². The Morgan fingerprint density at radius 3 is 2.50 bits per heavy atom. The number of fused-ring (bicyclic) bond motifs is 2. The maximum atomic E-state index is 12.3. The number of nitrogens with one attached hydrogen (secondary N) is 1. The van der Waals surface area contributed by atoms with Gasteiger partial charge in [0.1, 0.15) is 29.4 Å². The van der Waals surface area contributed by atoms with Gasteiger partial charge in [0.2, 0.25) is 5.91 Å². The third kappa shape index (κ3) is 6.73. The average Bonchev–Trinajstić information content (AvgIpc) is 2.99. The lowest BCUT2D eigenvalue weighted by atomic mass is 10.1. The topological polar surface area (TPSA) is 101 Å². The molecule has 1 aromatic heterocycles. The van der Waals surface area contributed by atoms with Crippen molar-refractivity contribution in [3.05, 3.63) is 90.1 Å². The van der Waals surface area contributed by atoms with Crippen molar-refractivity contribution in [2.45, 2.75) is 24.5 Å². The Bertz CT molecular complexity index is 1670. The number of carbonyl (C=O) groups is 1. The van der Waals surface area contributed by atoms with E-state index >= 15 is 0 Å². The van der Waals surface area contributed by atoms with Crippen LogP contribution in [0.4, 0.5) is 5.69 Å². The summed E-state index contributed by atoms with van der Waals surface area (Å²) in [5, 5.41) is 3.67. The molecular formula is C32H34N4O5S. The number of anilines is 1. The fraction of sp³-hybridized carbons (Fsp3) is 0.312. The van der Waals surface area contributed by atoms with Crippen LogP contribution in [0.25, 0.3) is 10.9 Å². The normalized spacial score (nSPS) is 17.0. The second kappa shape index (κ2) is 12.5. The maximum Gasteiger partial charge on any atom is 0.239 e. The quantitative estimate of drug-likeness (QED) is 0.277. The van der Waals surface area contributed by atoms with E-state index in [0.717, 1.165) is 73.6 Å². The van der Waals surface area contributed by atoms with Crippen molar-refractivity contribution in [1.82, 2.24) is 14.8 Å². The molecule has 0 spiro atoms. The SMILES string of the molecule is O=C1CS(=O)(=O)c2cc(OCCCN3CCN(Cc4ccc5cccc(OCc6ccccc6)c5n4)CC3)ccc2N1. The highest BCUT2D eigenvalue weighted by atomic mass is 32.2. The Morgan fingerprint density at radius 2 is 1.67 bits per heavy atom. The van der Waals surface area contributed by atoms with Crippen molar-refractivity contribution in [3.8, 4) is 11.5 Å². The third-order valence-corrected chi connectivity index (χ3v) is 9.25. The average molecular weight is 587 g/mol. The Morgan fingerprint density at radius 1 is 0.857 bits per heavy atom. The van der Waals surface area contributed by atoms with Crippen LogP contribution >= 0.6 is 0 Å². The van der Waals surface area contributed by atoms with Gasteiger partial charge in [-0.05, 0) is 36.2 Å². The van der Waals surface area contributed by atoms with Crippen molar-refractivity contribution in [1.29, 1.82) is 0 Å². The number of piperazine rings is 1. The molecule has 1 N–H and O–H groups in total. The van der Waals surface area contributed by atoms with E-state index in [1.165, 1.54) is 6.07 Å². The van der Waals surface area contributed by atoms with Crippen LogP contribution in [0, 0.1) is 0 Å². The molecule has 6 rings (SSSR count). The molecule has 2 aliphatic heterocycles. The summed E-state index contributed by atoms with van der Waals surface area (Å²) in [5.74, 6) is 0.253. The summed E-state index contributed by atoms with van der Waals surface area (Å²) in [5.41, 5.74) is 3.37. The van der Waals surface area contributed by atoms with Gasteiger partial charge in [-0.3, -0.25) is 9.69 Å². The smallest absolute Gasteiger partial charge is 0.239 e.